The third-order valence-corrected chi connectivity index (χ3v) is 3.17. The Morgan fingerprint density at radius 1 is 1.07 bits per heavy atom. The highest BCUT2D eigenvalue weighted by Gasteiger charge is 2.12. The SMILES string of the molecule is COc1ccc(NC(=O)C(=O)N/N=C\c2cccc(OCC(N)=O)c2)cc1. The van der Waals surface area contributed by atoms with Gasteiger partial charge in [-0.05, 0) is 42.0 Å². The number of hydrogen-bond donors (Lipinski definition) is 3. The number of nitrogens with two attached hydrogens (primary N) is 1. The van der Waals surface area contributed by atoms with Crippen molar-refractivity contribution in [1.29, 1.82) is 0 Å². The Morgan fingerprint density at radius 2 is 1.81 bits per heavy atom. The van der Waals surface area contributed by atoms with Crippen LogP contribution in [0.4, 0.5) is 5.69 Å². The molecule has 9 nitrogen and oxygen atoms in total. The normalized spacial score (nSPS) is 10.3. The second kappa shape index (κ2) is 9.56. The lowest BCUT2D eigenvalue weighted by atomic mass is 10.2. The molecule has 0 unspecified atom stereocenters. The van der Waals surface area contributed by atoms with E-state index in [1.54, 1.807) is 48.5 Å². The molecular weight excluding hydrogens is 352 g/mol. The molecule has 0 saturated heterocycles. The second-order valence-electron chi connectivity index (χ2n) is 5.21. The number of methoxy groups -OCH3 is 1. The number of amides is 3. The van der Waals surface area contributed by atoms with Crippen LogP contribution >= 0.6 is 0 Å². The molecule has 0 saturated carbocycles. The standard InChI is InChI=1S/C18H18N4O5/c1-26-14-7-5-13(6-8-14)21-17(24)18(25)22-20-10-12-3-2-4-15(9-12)27-11-16(19)23/h2-10H,11H2,1H3,(H2,19,23)(H,21,24)(H,22,25)/b20-10-. The summed E-state index contributed by atoms with van der Waals surface area (Å²) in [4.78, 5) is 34.3. The van der Waals surface area contributed by atoms with E-state index in [1.807, 2.05) is 0 Å². The van der Waals surface area contributed by atoms with Gasteiger partial charge in [0.05, 0.1) is 13.3 Å². The Kier molecular flexibility index (Phi) is 6.89. The number of carbonyl (C=O) groups is 3. The monoisotopic (exact) mass is 370 g/mol. The van der Waals surface area contributed by atoms with Crippen molar-refractivity contribution in [1.82, 2.24) is 5.43 Å². The highest BCUT2D eigenvalue weighted by Crippen LogP contribution is 2.14. The molecular formula is C18H18N4O5. The van der Waals surface area contributed by atoms with Gasteiger partial charge in [0.1, 0.15) is 11.5 Å². The minimum absolute atomic E-state index is 0.247. The van der Waals surface area contributed by atoms with Gasteiger partial charge in [-0.1, -0.05) is 12.1 Å². The van der Waals surface area contributed by atoms with E-state index in [9.17, 15) is 14.4 Å². The Bertz CT molecular complexity index is 849. The molecule has 0 atom stereocenters. The van der Waals surface area contributed by atoms with Crippen LogP contribution < -0.4 is 25.9 Å². The maximum atomic E-state index is 11.8. The average molecular weight is 370 g/mol. The van der Waals surface area contributed by atoms with Crippen molar-refractivity contribution in [2.75, 3.05) is 19.0 Å². The topological polar surface area (TPSA) is 132 Å². The highest BCUT2D eigenvalue weighted by molar-refractivity contribution is 6.39. The fourth-order valence-electron chi connectivity index (χ4n) is 1.92. The van der Waals surface area contributed by atoms with Crippen LogP contribution in [-0.2, 0) is 14.4 Å². The van der Waals surface area contributed by atoms with E-state index >= 15 is 0 Å². The molecule has 0 spiro atoms. The Labute approximate surface area is 155 Å². The first-order chi connectivity index (χ1) is 13.0. The van der Waals surface area contributed by atoms with Crippen LogP contribution in [0.15, 0.2) is 53.6 Å². The number of carbonyl (C=O) groups excluding carboxylic acids is 3. The van der Waals surface area contributed by atoms with E-state index in [-0.39, 0.29) is 6.61 Å². The molecule has 3 amide bonds. The van der Waals surface area contributed by atoms with Gasteiger partial charge in [0.15, 0.2) is 6.61 Å². The van der Waals surface area contributed by atoms with E-state index in [2.05, 4.69) is 15.8 Å². The van der Waals surface area contributed by atoms with Crippen molar-refractivity contribution in [2.45, 2.75) is 0 Å². The largest absolute Gasteiger partial charge is 0.497 e. The Morgan fingerprint density at radius 3 is 2.48 bits per heavy atom. The van der Waals surface area contributed by atoms with Crippen LogP contribution in [0.25, 0.3) is 0 Å². The highest BCUT2D eigenvalue weighted by atomic mass is 16.5. The summed E-state index contributed by atoms with van der Waals surface area (Å²) in [5.74, 6) is -1.34. The zero-order valence-corrected chi connectivity index (χ0v) is 14.5. The van der Waals surface area contributed by atoms with Gasteiger partial charge in [0.2, 0.25) is 0 Å². The minimum atomic E-state index is -0.928. The first-order valence-corrected chi connectivity index (χ1v) is 7.77. The lowest BCUT2D eigenvalue weighted by Gasteiger charge is -2.05. The maximum Gasteiger partial charge on any atom is 0.329 e. The minimum Gasteiger partial charge on any atom is -0.497 e. The van der Waals surface area contributed by atoms with Gasteiger partial charge in [-0.2, -0.15) is 5.10 Å². The molecule has 9 heteroatoms. The van der Waals surface area contributed by atoms with Gasteiger partial charge in [0, 0.05) is 5.69 Å². The second-order valence-corrected chi connectivity index (χ2v) is 5.21. The molecule has 140 valence electrons. The van der Waals surface area contributed by atoms with Crippen molar-refractivity contribution >= 4 is 29.6 Å². The fourth-order valence-corrected chi connectivity index (χ4v) is 1.92. The number of primary amides is 1. The number of anilines is 1. The molecule has 2 aromatic rings. The van der Waals surface area contributed by atoms with Crippen molar-refractivity contribution < 1.29 is 23.9 Å². The summed E-state index contributed by atoms with van der Waals surface area (Å²) in [6.45, 7) is -0.247. The molecule has 2 rings (SSSR count). The molecule has 0 aliphatic carbocycles. The zero-order chi connectivity index (χ0) is 19.6. The van der Waals surface area contributed by atoms with Gasteiger partial charge in [-0.25, -0.2) is 5.43 Å². The van der Waals surface area contributed by atoms with Gasteiger partial charge in [0.25, 0.3) is 5.91 Å². The lowest BCUT2D eigenvalue weighted by Crippen LogP contribution is -2.32. The predicted molar refractivity (Wildman–Crippen MR) is 98.5 cm³/mol. The quantitative estimate of drug-likeness (QED) is 0.374. The van der Waals surface area contributed by atoms with Crippen LogP contribution in [0.2, 0.25) is 0 Å². The van der Waals surface area contributed by atoms with Gasteiger partial charge in [-0.15, -0.1) is 0 Å². The summed E-state index contributed by atoms with van der Waals surface area (Å²) in [6.07, 6.45) is 1.33. The van der Waals surface area contributed by atoms with Gasteiger partial charge >= 0.3 is 11.8 Å². The third kappa shape index (κ3) is 6.50. The van der Waals surface area contributed by atoms with E-state index in [0.29, 0.717) is 22.7 Å². The number of hydrogen-bond acceptors (Lipinski definition) is 6. The molecule has 0 aromatic heterocycles. The van der Waals surface area contributed by atoms with Crippen molar-refractivity contribution in [3.8, 4) is 11.5 Å². The first-order valence-electron chi connectivity index (χ1n) is 7.77. The van der Waals surface area contributed by atoms with E-state index < -0.39 is 17.7 Å². The summed E-state index contributed by atoms with van der Waals surface area (Å²) in [5.41, 5.74) is 8.16. The van der Waals surface area contributed by atoms with E-state index in [4.69, 9.17) is 15.2 Å². The Balaban J connectivity index is 1.87. The number of ether oxygens (including phenoxy) is 2. The predicted octanol–water partition coefficient (Wildman–Crippen LogP) is 0.648. The van der Waals surface area contributed by atoms with Crippen LogP contribution in [0.5, 0.6) is 11.5 Å². The van der Waals surface area contributed by atoms with Crippen LogP contribution in [0.3, 0.4) is 0 Å². The molecule has 2 aromatic carbocycles. The third-order valence-electron chi connectivity index (χ3n) is 3.17. The molecule has 0 radical (unpaired) electrons. The number of nitrogens with zero attached hydrogens (tertiary/aromatic N) is 1. The smallest absolute Gasteiger partial charge is 0.329 e. The van der Waals surface area contributed by atoms with E-state index in [1.165, 1.54) is 13.3 Å². The van der Waals surface area contributed by atoms with Crippen molar-refractivity contribution in [3.63, 3.8) is 0 Å². The zero-order valence-electron chi connectivity index (χ0n) is 14.5. The van der Waals surface area contributed by atoms with Crippen molar-refractivity contribution in [3.05, 3.63) is 54.1 Å². The fraction of sp³-hybridized carbons (Fsp3) is 0.111. The number of hydrazone groups is 1. The van der Waals surface area contributed by atoms with Crippen LogP contribution in [-0.4, -0.2) is 37.7 Å². The summed E-state index contributed by atoms with van der Waals surface area (Å²) < 4.78 is 10.2. The first kappa shape index (κ1) is 19.4. The molecule has 0 aliphatic heterocycles. The molecule has 0 bridgehead atoms. The van der Waals surface area contributed by atoms with Crippen LogP contribution in [0.1, 0.15) is 5.56 Å². The van der Waals surface area contributed by atoms with Crippen molar-refractivity contribution in [2.24, 2.45) is 10.8 Å². The van der Waals surface area contributed by atoms with Gasteiger partial charge < -0.3 is 20.5 Å². The molecule has 0 fully saturated rings. The summed E-state index contributed by atoms with van der Waals surface area (Å²) >= 11 is 0. The van der Waals surface area contributed by atoms with E-state index in [0.717, 1.165) is 0 Å². The maximum absolute atomic E-state index is 11.8. The summed E-state index contributed by atoms with van der Waals surface area (Å²) in [6, 6.07) is 13.1. The molecule has 0 aliphatic rings. The lowest BCUT2D eigenvalue weighted by molar-refractivity contribution is -0.136. The number of nitrogens with one attached hydrogen (secondary N) is 2. The number of benzene rings is 2. The Hall–Kier alpha value is -3.88. The molecule has 0 heterocycles. The summed E-state index contributed by atoms with van der Waals surface area (Å²) in [5, 5.41) is 6.15. The molecule has 4 N–H and O–H groups in total. The van der Waals surface area contributed by atoms with Crippen LogP contribution in [0, 0.1) is 0 Å². The summed E-state index contributed by atoms with van der Waals surface area (Å²) in [7, 11) is 1.53. The van der Waals surface area contributed by atoms with Gasteiger partial charge in [-0.3, -0.25) is 14.4 Å². The number of rotatable bonds is 7. The molecule has 27 heavy (non-hydrogen) atoms. The average Bonchev–Trinajstić information content (AvgIpc) is 2.67.